The highest BCUT2D eigenvalue weighted by Crippen LogP contribution is 2.31. The Morgan fingerprint density at radius 2 is 1.92 bits per heavy atom. The average molecular weight is 516 g/mol. The molecule has 0 bridgehead atoms. The van der Waals surface area contributed by atoms with Crippen molar-refractivity contribution in [2.75, 3.05) is 37.7 Å². The number of carbonyl (C=O) groups excluding carboxylic acids is 1. The van der Waals surface area contributed by atoms with Crippen molar-refractivity contribution in [3.8, 4) is 11.7 Å². The molecule has 1 aromatic carbocycles. The largest absolute Gasteiger partial charge is 0.474 e. The number of ether oxygens (including phenoxy) is 2. The number of amides is 1. The number of aromatic nitrogens is 4. The van der Waals surface area contributed by atoms with Crippen LogP contribution in [-0.4, -0.2) is 70.4 Å². The molecule has 0 atom stereocenters. The van der Waals surface area contributed by atoms with Crippen molar-refractivity contribution in [2.24, 2.45) is 5.73 Å². The minimum Gasteiger partial charge on any atom is -0.474 e. The Hall–Kier alpha value is -3.38. The summed E-state index contributed by atoms with van der Waals surface area (Å²) in [5, 5.41) is 2.93. The van der Waals surface area contributed by atoms with Gasteiger partial charge in [0.25, 0.3) is 6.43 Å². The van der Waals surface area contributed by atoms with Crippen LogP contribution in [0.2, 0.25) is 0 Å². The number of rotatable bonds is 7. The molecular formula is C25H31F2N7O3. The summed E-state index contributed by atoms with van der Waals surface area (Å²) >= 11 is 0. The molecule has 3 heterocycles. The third-order valence-corrected chi connectivity index (χ3v) is 6.74. The highest BCUT2D eigenvalue weighted by molar-refractivity contribution is 5.79. The standard InChI is InChI=1S/C25H31F2N7O3/c1-15-2-7-18-19(12-15)34(24(30-18)23(26)27)20-13-22(32-25(31-20)33-8-10-36-11-9-33)37-17-5-3-16(4-6-17)29-21(35)14-28/h2,7,12-13,16-17,23H,3-6,8-11,14,28H2,1H3,(H,29,35)/t16-,17-. The van der Waals surface area contributed by atoms with Crippen molar-refractivity contribution < 1.29 is 23.0 Å². The predicted molar refractivity (Wildman–Crippen MR) is 133 cm³/mol. The van der Waals surface area contributed by atoms with Gasteiger partial charge in [-0.2, -0.15) is 9.97 Å². The highest BCUT2D eigenvalue weighted by atomic mass is 19.3. The Labute approximate surface area is 213 Å². The minimum atomic E-state index is -2.79. The van der Waals surface area contributed by atoms with Gasteiger partial charge in [-0.25, -0.2) is 13.8 Å². The quantitative estimate of drug-likeness (QED) is 0.493. The van der Waals surface area contributed by atoms with Crippen molar-refractivity contribution in [3.63, 3.8) is 0 Å². The molecule has 1 saturated carbocycles. The molecule has 198 valence electrons. The Morgan fingerprint density at radius 3 is 2.62 bits per heavy atom. The molecule has 0 unspecified atom stereocenters. The van der Waals surface area contributed by atoms with Crippen LogP contribution in [0.3, 0.4) is 0 Å². The summed E-state index contributed by atoms with van der Waals surface area (Å²) in [4.78, 5) is 27.1. The van der Waals surface area contributed by atoms with Crippen molar-refractivity contribution in [1.29, 1.82) is 0 Å². The number of morpholine rings is 1. The number of aryl methyl sites for hydroxylation is 1. The average Bonchev–Trinajstić information content (AvgIpc) is 3.29. The normalized spacial score (nSPS) is 20.4. The van der Waals surface area contributed by atoms with Crippen molar-refractivity contribution >= 4 is 22.9 Å². The summed E-state index contributed by atoms with van der Waals surface area (Å²) in [5.41, 5.74) is 7.34. The Kier molecular flexibility index (Phi) is 7.47. The lowest BCUT2D eigenvalue weighted by molar-refractivity contribution is -0.120. The van der Waals surface area contributed by atoms with E-state index in [1.165, 1.54) is 4.57 Å². The maximum atomic E-state index is 14.1. The van der Waals surface area contributed by atoms with Crippen LogP contribution >= 0.6 is 0 Å². The van der Waals surface area contributed by atoms with E-state index < -0.39 is 6.43 Å². The first kappa shape index (κ1) is 25.3. The molecule has 2 fully saturated rings. The smallest absolute Gasteiger partial charge is 0.296 e. The lowest BCUT2D eigenvalue weighted by atomic mass is 9.93. The van der Waals surface area contributed by atoms with Gasteiger partial charge in [0.15, 0.2) is 5.82 Å². The van der Waals surface area contributed by atoms with E-state index in [2.05, 4.69) is 20.3 Å². The second-order valence-electron chi connectivity index (χ2n) is 9.43. The second kappa shape index (κ2) is 10.9. The van der Waals surface area contributed by atoms with Crippen LogP contribution in [0, 0.1) is 6.92 Å². The first-order chi connectivity index (χ1) is 17.9. The number of hydrogen-bond donors (Lipinski definition) is 2. The number of fused-ring (bicyclic) bond motifs is 1. The summed E-state index contributed by atoms with van der Waals surface area (Å²) < 4.78 is 41.3. The monoisotopic (exact) mass is 515 g/mol. The highest BCUT2D eigenvalue weighted by Gasteiger charge is 2.27. The topological polar surface area (TPSA) is 120 Å². The molecule has 2 aromatic heterocycles. The van der Waals surface area contributed by atoms with E-state index in [1.807, 2.05) is 24.0 Å². The van der Waals surface area contributed by atoms with Gasteiger partial charge in [0.05, 0.1) is 30.8 Å². The molecule has 10 nitrogen and oxygen atoms in total. The number of hydrogen-bond acceptors (Lipinski definition) is 8. The van der Waals surface area contributed by atoms with Gasteiger partial charge in [-0.15, -0.1) is 0 Å². The van der Waals surface area contributed by atoms with Gasteiger partial charge in [-0.05, 0) is 50.3 Å². The summed E-state index contributed by atoms with van der Waals surface area (Å²) in [7, 11) is 0. The molecule has 1 aliphatic heterocycles. The van der Waals surface area contributed by atoms with Crippen LogP contribution in [0.15, 0.2) is 24.3 Å². The molecule has 2 aliphatic rings. The zero-order chi connectivity index (χ0) is 25.9. The van der Waals surface area contributed by atoms with E-state index in [0.717, 1.165) is 31.2 Å². The zero-order valence-corrected chi connectivity index (χ0v) is 20.7. The maximum absolute atomic E-state index is 14.1. The van der Waals surface area contributed by atoms with Crippen molar-refractivity contribution in [2.45, 2.75) is 51.2 Å². The summed E-state index contributed by atoms with van der Waals surface area (Å²) in [6.45, 7) is 4.09. The molecule has 37 heavy (non-hydrogen) atoms. The molecule has 12 heteroatoms. The number of nitrogens with one attached hydrogen (secondary N) is 1. The fourth-order valence-electron chi connectivity index (χ4n) is 4.85. The predicted octanol–water partition coefficient (Wildman–Crippen LogP) is 2.66. The van der Waals surface area contributed by atoms with Crippen LogP contribution in [0.25, 0.3) is 16.9 Å². The third kappa shape index (κ3) is 5.64. The molecule has 3 N–H and O–H groups in total. The lowest BCUT2D eigenvalue weighted by Crippen LogP contribution is -2.42. The summed E-state index contributed by atoms with van der Waals surface area (Å²) in [6.07, 6.45) is 0.0340. The van der Waals surface area contributed by atoms with Crippen LogP contribution < -0.4 is 20.7 Å². The van der Waals surface area contributed by atoms with Gasteiger partial charge >= 0.3 is 0 Å². The Balaban J connectivity index is 1.48. The summed E-state index contributed by atoms with van der Waals surface area (Å²) in [6, 6.07) is 7.06. The van der Waals surface area contributed by atoms with Crippen LogP contribution in [0.4, 0.5) is 14.7 Å². The van der Waals surface area contributed by atoms with Gasteiger partial charge in [0.1, 0.15) is 11.9 Å². The van der Waals surface area contributed by atoms with Gasteiger partial charge in [-0.3, -0.25) is 9.36 Å². The molecule has 1 aliphatic carbocycles. The minimum absolute atomic E-state index is 0.0342. The van der Waals surface area contributed by atoms with E-state index in [9.17, 15) is 13.6 Å². The summed E-state index contributed by atoms with van der Waals surface area (Å²) in [5.74, 6) is 0.441. The number of benzene rings is 1. The lowest BCUT2D eigenvalue weighted by Gasteiger charge is -2.30. The molecule has 0 radical (unpaired) electrons. The number of nitrogens with two attached hydrogens (primary N) is 1. The molecular weight excluding hydrogens is 484 g/mol. The fraction of sp³-hybridized carbons (Fsp3) is 0.520. The van der Waals surface area contributed by atoms with Crippen LogP contribution in [-0.2, 0) is 9.53 Å². The van der Waals surface area contributed by atoms with E-state index in [-0.39, 0.29) is 36.2 Å². The van der Waals surface area contributed by atoms with E-state index in [0.29, 0.717) is 49.2 Å². The number of anilines is 1. The SMILES string of the molecule is Cc1ccc2nc(C(F)F)n(-c3cc(O[C@H]4CC[C@H](NC(=O)CN)CC4)nc(N4CCOCC4)n3)c2c1. The number of nitrogens with zero attached hydrogens (tertiary/aromatic N) is 5. The molecule has 1 saturated heterocycles. The van der Waals surface area contributed by atoms with Gasteiger partial charge in [0.2, 0.25) is 17.7 Å². The maximum Gasteiger partial charge on any atom is 0.296 e. The molecule has 0 spiro atoms. The van der Waals surface area contributed by atoms with Gasteiger partial charge in [0, 0.05) is 25.2 Å². The number of alkyl halides is 2. The first-order valence-electron chi connectivity index (χ1n) is 12.6. The second-order valence-corrected chi connectivity index (χ2v) is 9.43. The van der Waals surface area contributed by atoms with Crippen molar-refractivity contribution in [3.05, 3.63) is 35.7 Å². The van der Waals surface area contributed by atoms with Crippen LogP contribution in [0.1, 0.15) is 43.5 Å². The van der Waals surface area contributed by atoms with E-state index in [4.69, 9.17) is 15.2 Å². The number of imidazole rings is 1. The Morgan fingerprint density at radius 1 is 1.16 bits per heavy atom. The zero-order valence-electron chi connectivity index (χ0n) is 20.7. The van der Waals surface area contributed by atoms with Gasteiger partial charge < -0.3 is 25.4 Å². The van der Waals surface area contributed by atoms with E-state index >= 15 is 0 Å². The molecule has 5 rings (SSSR count). The van der Waals surface area contributed by atoms with Gasteiger partial charge in [-0.1, -0.05) is 6.07 Å². The third-order valence-electron chi connectivity index (χ3n) is 6.74. The first-order valence-corrected chi connectivity index (χ1v) is 12.6. The molecule has 1 amide bonds. The Bertz CT molecular complexity index is 1250. The number of halogens is 2. The van der Waals surface area contributed by atoms with Crippen LogP contribution in [0.5, 0.6) is 5.88 Å². The molecule has 3 aromatic rings. The fourth-order valence-corrected chi connectivity index (χ4v) is 4.85. The van der Waals surface area contributed by atoms with Crippen molar-refractivity contribution in [1.82, 2.24) is 24.8 Å². The number of carbonyl (C=O) groups is 1. The van der Waals surface area contributed by atoms with E-state index in [1.54, 1.807) is 12.1 Å².